The molecule has 2 amide bonds. The van der Waals surface area contributed by atoms with Crippen molar-refractivity contribution in [3.63, 3.8) is 0 Å². The number of anilines is 1. The molecule has 162 valence electrons. The average Bonchev–Trinajstić information content (AvgIpc) is 2.65. The first-order chi connectivity index (χ1) is 14.6. The normalized spacial score (nSPS) is 12.3. The Bertz CT molecular complexity index is 1100. The van der Waals surface area contributed by atoms with Crippen LogP contribution in [-0.4, -0.2) is 33.6 Å². The zero-order chi connectivity index (χ0) is 22.6. The van der Waals surface area contributed by atoms with Crippen molar-refractivity contribution >= 4 is 28.7 Å². The van der Waals surface area contributed by atoms with E-state index in [4.69, 9.17) is 4.74 Å². The van der Waals surface area contributed by atoms with E-state index in [9.17, 15) is 18.4 Å². The molecule has 2 aromatic carbocycles. The third kappa shape index (κ3) is 6.43. The van der Waals surface area contributed by atoms with Crippen LogP contribution in [0.25, 0.3) is 11.0 Å². The minimum Gasteiger partial charge on any atom is -0.444 e. The number of nitrogens with zero attached hydrogens (tertiary/aromatic N) is 2. The van der Waals surface area contributed by atoms with Gasteiger partial charge in [-0.3, -0.25) is 14.8 Å². The van der Waals surface area contributed by atoms with Gasteiger partial charge in [0.2, 0.25) is 5.91 Å². The molecule has 0 aliphatic carbocycles. The van der Waals surface area contributed by atoms with Crippen molar-refractivity contribution in [2.45, 2.75) is 38.8 Å². The van der Waals surface area contributed by atoms with Gasteiger partial charge in [0.05, 0.1) is 11.0 Å². The Morgan fingerprint density at radius 3 is 2.29 bits per heavy atom. The molecular formula is C22H22F2N4O3. The molecule has 0 saturated heterocycles. The predicted molar refractivity (Wildman–Crippen MR) is 111 cm³/mol. The number of fused-ring (bicyclic) bond motifs is 1. The molecule has 1 atom stereocenters. The molecule has 0 radical (unpaired) electrons. The van der Waals surface area contributed by atoms with Gasteiger partial charge in [0.25, 0.3) is 0 Å². The Hall–Kier alpha value is -3.62. The van der Waals surface area contributed by atoms with Crippen LogP contribution in [0.2, 0.25) is 0 Å². The minimum atomic E-state index is -1.14. The van der Waals surface area contributed by atoms with Crippen LogP contribution in [0.5, 0.6) is 0 Å². The van der Waals surface area contributed by atoms with Crippen LogP contribution in [-0.2, 0) is 16.0 Å². The fraction of sp³-hybridized carbons (Fsp3) is 0.273. The van der Waals surface area contributed by atoms with Gasteiger partial charge in [0, 0.05) is 30.6 Å². The summed E-state index contributed by atoms with van der Waals surface area (Å²) in [5, 5.41) is 5.16. The second kappa shape index (κ2) is 9.03. The van der Waals surface area contributed by atoms with Crippen LogP contribution in [0.3, 0.4) is 0 Å². The number of benzene rings is 2. The lowest BCUT2D eigenvalue weighted by atomic mass is 10.0. The molecule has 0 spiro atoms. The molecule has 1 aromatic heterocycles. The SMILES string of the molecule is CC(C)(C)OC(=O)N[C@@H](Cc1cc(F)cc(F)c1)C(=O)Nc1ccc2nccnc2c1. The predicted octanol–water partition coefficient (Wildman–Crippen LogP) is 3.98. The molecule has 9 heteroatoms. The molecule has 3 rings (SSSR count). The summed E-state index contributed by atoms with van der Waals surface area (Å²) in [6.07, 6.45) is 2.11. The first-order valence-electron chi connectivity index (χ1n) is 9.55. The van der Waals surface area contributed by atoms with Crippen LogP contribution in [0.15, 0.2) is 48.8 Å². The van der Waals surface area contributed by atoms with Crippen molar-refractivity contribution in [1.29, 1.82) is 0 Å². The number of alkyl carbamates (subject to hydrolysis) is 1. The summed E-state index contributed by atoms with van der Waals surface area (Å²) in [6, 6.07) is 6.76. The van der Waals surface area contributed by atoms with Crippen LogP contribution < -0.4 is 10.6 Å². The van der Waals surface area contributed by atoms with Gasteiger partial charge in [0.1, 0.15) is 23.3 Å². The van der Waals surface area contributed by atoms with Gasteiger partial charge in [-0.15, -0.1) is 0 Å². The van der Waals surface area contributed by atoms with Gasteiger partial charge >= 0.3 is 6.09 Å². The number of hydrogen-bond donors (Lipinski definition) is 2. The molecular weight excluding hydrogens is 406 g/mol. The van der Waals surface area contributed by atoms with Crippen LogP contribution in [0.4, 0.5) is 19.3 Å². The van der Waals surface area contributed by atoms with E-state index < -0.39 is 35.3 Å². The van der Waals surface area contributed by atoms with Crippen LogP contribution in [0.1, 0.15) is 26.3 Å². The van der Waals surface area contributed by atoms with Crippen molar-refractivity contribution in [3.05, 3.63) is 66.0 Å². The Morgan fingerprint density at radius 2 is 1.65 bits per heavy atom. The molecule has 0 bridgehead atoms. The number of aromatic nitrogens is 2. The molecule has 0 saturated carbocycles. The fourth-order valence-electron chi connectivity index (χ4n) is 2.89. The molecule has 3 aromatic rings. The number of carbonyl (C=O) groups is 2. The van der Waals surface area contributed by atoms with Gasteiger partial charge in [-0.05, 0) is 56.7 Å². The van der Waals surface area contributed by atoms with Crippen molar-refractivity contribution in [3.8, 4) is 0 Å². The summed E-state index contributed by atoms with van der Waals surface area (Å²) in [6.45, 7) is 5.04. The minimum absolute atomic E-state index is 0.146. The van der Waals surface area contributed by atoms with Crippen molar-refractivity contribution in [2.24, 2.45) is 0 Å². The zero-order valence-corrected chi connectivity index (χ0v) is 17.3. The third-order valence-electron chi connectivity index (χ3n) is 4.11. The first kappa shape index (κ1) is 22.1. The van der Waals surface area contributed by atoms with Gasteiger partial charge in [0.15, 0.2) is 0 Å². The first-order valence-corrected chi connectivity index (χ1v) is 9.55. The number of rotatable bonds is 5. The Kier molecular flexibility index (Phi) is 6.43. The lowest BCUT2D eigenvalue weighted by Crippen LogP contribution is -2.47. The van der Waals surface area contributed by atoms with Gasteiger partial charge in [-0.2, -0.15) is 0 Å². The molecule has 31 heavy (non-hydrogen) atoms. The van der Waals surface area contributed by atoms with E-state index in [2.05, 4.69) is 20.6 Å². The number of carbonyl (C=O) groups excluding carboxylic acids is 2. The molecule has 2 N–H and O–H groups in total. The molecule has 1 heterocycles. The number of halogens is 2. The summed E-state index contributed by atoms with van der Waals surface area (Å²) in [7, 11) is 0. The second-order valence-corrected chi connectivity index (χ2v) is 7.93. The highest BCUT2D eigenvalue weighted by Crippen LogP contribution is 2.17. The third-order valence-corrected chi connectivity index (χ3v) is 4.11. The highest BCUT2D eigenvalue weighted by molar-refractivity contribution is 5.98. The number of nitrogens with one attached hydrogen (secondary N) is 2. The molecule has 0 fully saturated rings. The Labute approximate surface area is 177 Å². The zero-order valence-electron chi connectivity index (χ0n) is 17.3. The molecule has 0 unspecified atom stereocenters. The van der Waals surface area contributed by atoms with E-state index >= 15 is 0 Å². The maximum Gasteiger partial charge on any atom is 0.408 e. The summed E-state index contributed by atoms with van der Waals surface area (Å²) in [5.41, 5.74) is 1.08. The molecule has 0 aliphatic heterocycles. The Morgan fingerprint density at radius 1 is 1.00 bits per heavy atom. The van der Waals surface area contributed by atoms with Gasteiger partial charge < -0.3 is 15.4 Å². The van der Waals surface area contributed by atoms with Crippen molar-refractivity contribution in [2.75, 3.05) is 5.32 Å². The fourth-order valence-corrected chi connectivity index (χ4v) is 2.89. The second-order valence-electron chi connectivity index (χ2n) is 7.93. The van der Waals surface area contributed by atoms with Crippen LogP contribution in [0, 0.1) is 11.6 Å². The molecule has 0 aliphatic rings. The Balaban J connectivity index is 1.82. The summed E-state index contributed by atoms with van der Waals surface area (Å²) in [4.78, 5) is 33.5. The highest BCUT2D eigenvalue weighted by atomic mass is 19.1. The number of ether oxygens (including phenoxy) is 1. The van der Waals surface area contributed by atoms with Crippen molar-refractivity contribution in [1.82, 2.24) is 15.3 Å². The standard InChI is InChI=1S/C22H22F2N4O3/c1-22(2,3)31-21(30)28-19(10-13-8-14(23)11-15(24)9-13)20(29)27-16-4-5-17-18(12-16)26-7-6-25-17/h4-9,11-12,19H,10H2,1-3H3,(H,27,29)(H,28,30)/t19-/m0/s1. The summed E-state index contributed by atoms with van der Waals surface area (Å²) < 4.78 is 32.4. The van der Waals surface area contributed by atoms with E-state index in [1.165, 1.54) is 6.20 Å². The average molecular weight is 428 g/mol. The van der Waals surface area contributed by atoms with Crippen LogP contribution >= 0.6 is 0 Å². The van der Waals surface area contributed by atoms with Gasteiger partial charge in [-0.25, -0.2) is 13.6 Å². The monoisotopic (exact) mass is 428 g/mol. The van der Waals surface area contributed by atoms with E-state index in [1.807, 2.05) is 0 Å². The topological polar surface area (TPSA) is 93.2 Å². The van der Waals surface area contributed by atoms with E-state index in [1.54, 1.807) is 45.2 Å². The quantitative estimate of drug-likeness (QED) is 0.641. The smallest absolute Gasteiger partial charge is 0.408 e. The maximum absolute atomic E-state index is 13.6. The number of hydrogen-bond acceptors (Lipinski definition) is 5. The van der Waals surface area contributed by atoms with E-state index in [0.29, 0.717) is 16.7 Å². The lowest BCUT2D eigenvalue weighted by Gasteiger charge is -2.23. The highest BCUT2D eigenvalue weighted by Gasteiger charge is 2.25. The summed E-state index contributed by atoms with van der Waals surface area (Å²) in [5.74, 6) is -2.14. The summed E-state index contributed by atoms with van der Waals surface area (Å²) >= 11 is 0. The van der Waals surface area contributed by atoms with E-state index in [-0.39, 0.29) is 12.0 Å². The van der Waals surface area contributed by atoms with Crippen molar-refractivity contribution < 1.29 is 23.1 Å². The lowest BCUT2D eigenvalue weighted by molar-refractivity contribution is -0.118. The van der Waals surface area contributed by atoms with E-state index in [0.717, 1.165) is 18.2 Å². The number of amides is 2. The largest absolute Gasteiger partial charge is 0.444 e. The molecule has 7 nitrogen and oxygen atoms in total. The maximum atomic E-state index is 13.6. The van der Waals surface area contributed by atoms with Gasteiger partial charge in [-0.1, -0.05) is 0 Å².